The van der Waals surface area contributed by atoms with Crippen molar-refractivity contribution in [3.05, 3.63) is 54.4 Å². The number of para-hydroxylation sites is 1. The van der Waals surface area contributed by atoms with Crippen LogP contribution in [0, 0.1) is 0 Å². The van der Waals surface area contributed by atoms with Gasteiger partial charge in [-0.2, -0.15) is 0 Å². The van der Waals surface area contributed by atoms with Crippen molar-refractivity contribution in [2.24, 2.45) is 0 Å². The smallest absolute Gasteiger partial charge is 0.276 e. The zero-order valence-electron chi connectivity index (χ0n) is 13.2. The second kappa shape index (κ2) is 8.17. The van der Waals surface area contributed by atoms with E-state index in [1.807, 2.05) is 36.4 Å². The topological polar surface area (TPSA) is 45.2 Å². The van der Waals surface area contributed by atoms with E-state index in [1.165, 1.54) is 12.8 Å². The number of anilines is 2. The van der Waals surface area contributed by atoms with Gasteiger partial charge in [0.25, 0.3) is 5.91 Å². The lowest BCUT2D eigenvalue weighted by molar-refractivity contribution is 0.0988. The number of pyridine rings is 1. The Hall–Kier alpha value is -2.36. The summed E-state index contributed by atoms with van der Waals surface area (Å²) in [6.45, 7) is 3.12. The second-order valence-electron chi connectivity index (χ2n) is 5.27. The lowest BCUT2D eigenvalue weighted by Gasteiger charge is -2.16. The Bertz CT molecular complexity index is 581. The minimum atomic E-state index is -0.108. The number of nitrogens with zero attached hydrogens (tertiary/aromatic N) is 2. The molecule has 0 aliphatic rings. The molecule has 0 saturated heterocycles. The molecule has 22 heavy (non-hydrogen) atoms. The number of unbranched alkanes of at least 4 members (excludes halogenated alkanes) is 2. The number of hydrogen-bond donors (Lipinski definition) is 1. The zero-order chi connectivity index (χ0) is 15.8. The Morgan fingerprint density at radius 3 is 2.55 bits per heavy atom. The first-order chi connectivity index (χ1) is 10.7. The lowest BCUT2D eigenvalue weighted by atomic mass is 10.2. The molecule has 0 spiro atoms. The first-order valence-corrected chi connectivity index (χ1v) is 7.75. The van der Waals surface area contributed by atoms with Crippen molar-refractivity contribution < 1.29 is 4.79 Å². The molecule has 1 aromatic heterocycles. The standard InChI is InChI=1S/C18H23N3O/c1-3-4-8-13-19-15-11-12-17(20-14-15)18(22)21(2)16-9-6-5-7-10-16/h5-7,9-12,14,19H,3-4,8,13H2,1-2H3. The molecular formula is C18H23N3O. The summed E-state index contributed by atoms with van der Waals surface area (Å²) in [5, 5.41) is 3.32. The molecule has 2 aromatic rings. The van der Waals surface area contributed by atoms with Crippen molar-refractivity contribution in [1.29, 1.82) is 0 Å². The Kier molecular flexibility index (Phi) is 5.95. The number of amides is 1. The summed E-state index contributed by atoms with van der Waals surface area (Å²) in [5.41, 5.74) is 2.26. The van der Waals surface area contributed by atoms with Crippen LogP contribution in [-0.2, 0) is 0 Å². The van der Waals surface area contributed by atoms with Crippen LogP contribution in [0.4, 0.5) is 11.4 Å². The molecule has 116 valence electrons. The highest BCUT2D eigenvalue weighted by Crippen LogP contribution is 2.15. The van der Waals surface area contributed by atoms with Gasteiger partial charge in [-0.3, -0.25) is 4.79 Å². The second-order valence-corrected chi connectivity index (χ2v) is 5.27. The highest BCUT2D eigenvalue weighted by molar-refractivity contribution is 6.04. The third-order valence-electron chi connectivity index (χ3n) is 3.54. The molecule has 0 aliphatic carbocycles. The molecule has 0 bridgehead atoms. The maximum atomic E-state index is 12.4. The van der Waals surface area contributed by atoms with Crippen molar-refractivity contribution in [2.45, 2.75) is 26.2 Å². The Morgan fingerprint density at radius 1 is 1.14 bits per heavy atom. The third kappa shape index (κ3) is 4.32. The largest absolute Gasteiger partial charge is 0.384 e. The van der Waals surface area contributed by atoms with E-state index in [9.17, 15) is 4.79 Å². The van der Waals surface area contributed by atoms with E-state index in [-0.39, 0.29) is 5.91 Å². The monoisotopic (exact) mass is 297 g/mol. The zero-order valence-corrected chi connectivity index (χ0v) is 13.2. The molecular weight excluding hydrogens is 274 g/mol. The van der Waals surface area contributed by atoms with Gasteiger partial charge < -0.3 is 10.2 Å². The van der Waals surface area contributed by atoms with E-state index in [0.29, 0.717) is 5.69 Å². The molecule has 4 heteroatoms. The van der Waals surface area contributed by atoms with Crippen LogP contribution in [0.1, 0.15) is 36.7 Å². The molecule has 4 nitrogen and oxygen atoms in total. The van der Waals surface area contributed by atoms with Gasteiger partial charge in [-0.1, -0.05) is 38.0 Å². The van der Waals surface area contributed by atoms with Crippen LogP contribution < -0.4 is 10.2 Å². The quantitative estimate of drug-likeness (QED) is 0.787. The van der Waals surface area contributed by atoms with E-state index in [1.54, 1.807) is 24.2 Å². The summed E-state index contributed by atoms with van der Waals surface area (Å²) < 4.78 is 0. The number of carbonyl (C=O) groups excluding carboxylic acids is 1. The van der Waals surface area contributed by atoms with Gasteiger partial charge in [0, 0.05) is 19.3 Å². The molecule has 2 rings (SSSR count). The molecule has 1 aromatic carbocycles. The highest BCUT2D eigenvalue weighted by atomic mass is 16.2. The molecule has 0 fully saturated rings. The summed E-state index contributed by atoms with van der Waals surface area (Å²) in [6, 6.07) is 13.2. The molecule has 1 heterocycles. The highest BCUT2D eigenvalue weighted by Gasteiger charge is 2.14. The first kappa shape index (κ1) is 16.0. The average Bonchev–Trinajstić information content (AvgIpc) is 2.59. The van der Waals surface area contributed by atoms with Crippen LogP contribution in [0.15, 0.2) is 48.7 Å². The molecule has 1 N–H and O–H groups in total. The predicted molar refractivity (Wildman–Crippen MR) is 91.4 cm³/mol. The molecule has 0 saturated carbocycles. The van der Waals surface area contributed by atoms with E-state index in [4.69, 9.17) is 0 Å². The van der Waals surface area contributed by atoms with Crippen LogP contribution in [0.2, 0.25) is 0 Å². The molecule has 0 atom stereocenters. The maximum Gasteiger partial charge on any atom is 0.276 e. The number of rotatable bonds is 7. The molecule has 0 aliphatic heterocycles. The first-order valence-electron chi connectivity index (χ1n) is 7.75. The van der Waals surface area contributed by atoms with Crippen LogP contribution in [0.3, 0.4) is 0 Å². The van der Waals surface area contributed by atoms with Crippen LogP contribution in [-0.4, -0.2) is 24.5 Å². The van der Waals surface area contributed by atoms with Crippen molar-refractivity contribution in [2.75, 3.05) is 23.8 Å². The van der Waals surface area contributed by atoms with Crippen molar-refractivity contribution >= 4 is 17.3 Å². The Morgan fingerprint density at radius 2 is 1.91 bits per heavy atom. The van der Waals surface area contributed by atoms with Crippen molar-refractivity contribution in [1.82, 2.24) is 4.98 Å². The van der Waals surface area contributed by atoms with E-state index in [0.717, 1.165) is 24.3 Å². The van der Waals surface area contributed by atoms with Gasteiger partial charge in [0.1, 0.15) is 5.69 Å². The number of carbonyl (C=O) groups is 1. The predicted octanol–water partition coefficient (Wildman–Crippen LogP) is 3.96. The average molecular weight is 297 g/mol. The summed E-state index contributed by atoms with van der Waals surface area (Å²) in [4.78, 5) is 18.3. The number of aromatic nitrogens is 1. The van der Waals surface area contributed by atoms with Crippen LogP contribution in [0.25, 0.3) is 0 Å². The van der Waals surface area contributed by atoms with E-state index in [2.05, 4.69) is 17.2 Å². The fraction of sp³-hybridized carbons (Fsp3) is 0.333. The number of benzene rings is 1. The van der Waals surface area contributed by atoms with Crippen LogP contribution in [0.5, 0.6) is 0 Å². The fourth-order valence-corrected chi connectivity index (χ4v) is 2.17. The van der Waals surface area contributed by atoms with Crippen molar-refractivity contribution in [3.8, 4) is 0 Å². The van der Waals surface area contributed by atoms with Gasteiger partial charge in [0.05, 0.1) is 11.9 Å². The van der Waals surface area contributed by atoms with E-state index < -0.39 is 0 Å². The fourth-order valence-electron chi connectivity index (χ4n) is 2.17. The summed E-state index contributed by atoms with van der Waals surface area (Å²) in [5.74, 6) is -0.108. The molecule has 0 radical (unpaired) electrons. The van der Waals surface area contributed by atoms with Gasteiger partial charge in [0.2, 0.25) is 0 Å². The third-order valence-corrected chi connectivity index (χ3v) is 3.54. The summed E-state index contributed by atoms with van der Waals surface area (Å²) >= 11 is 0. The van der Waals surface area contributed by atoms with E-state index >= 15 is 0 Å². The minimum Gasteiger partial charge on any atom is -0.384 e. The van der Waals surface area contributed by atoms with Crippen LogP contribution >= 0.6 is 0 Å². The number of nitrogens with one attached hydrogen (secondary N) is 1. The maximum absolute atomic E-state index is 12.4. The van der Waals surface area contributed by atoms with Gasteiger partial charge in [0.15, 0.2) is 0 Å². The summed E-state index contributed by atoms with van der Waals surface area (Å²) in [7, 11) is 1.76. The SMILES string of the molecule is CCCCCNc1ccc(C(=O)N(C)c2ccccc2)nc1. The Labute approximate surface area is 132 Å². The summed E-state index contributed by atoms with van der Waals surface area (Å²) in [6.07, 6.45) is 5.30. The minimum absolute atomic E-state index is 0.108. The van der Waals surface area contributed by atoms with Gasteiger partial charge in [-0.15, -0.1) is 0 Å². The van der Waals surface area contributed by atoms with Crippen molar-refractivity contribution in [3.63, 3.8) is 0 Å². The molecule has 1 amide bonds. The molecule has 0 unspecified atom stereocenters. The normalized spacial score (nSPS) is 10.3. The van der Waals surface area contributed by atoms with Gasteiger partial charge in [-0.05, 0) is 30.7 Å². The van der Waals surface area contributed by atoms with Gasteiger partial charge >= 0.3 is 0 Å². The van der Waals surface area contributed by atoms with Gasteiger partial charge in [-0.25, -0.2) is 4.98 Å². The lowest BCUT2D eigenvalue weighted by Crippen LogP contribution is -2.26. The Balaban J connectivity index is 1.96. The number of hydrogen-bond acceptors (Lipinski definition) is 3.